The number of hydrazone groups is 1. The van der Waals surface area contributed by atoms with E-state index >= 15 is 0 Å². The van der Waals surface area contributed by atoms with E-state index in [2.05, 4.69) is 34.2 Å². The minimum Gasteiger partial charge on any atom is -0.263 e. The maximum absolute atomic E-state index is 6.07. The zero-order valence-electron chi connectivity index (χ0n) is 14.4. The third-order valence-corrected chi connectivity index (χ3v) is 4.43. The molecule has 0 unspecified atom stereocenters. The molecule has 0 bridgehead atoms. The van der Waals surface area contributed by atoms with Crippen molar-refractivity contribution in [3.8, 4) is 17.5 Å². The lowest BCUT2D eigenvalue weighted by atomic mass is 10.0. The average Bonchev–Trinajstić information content (AvgIpc) is 2.97. The Morgan fingerprint density at radius 3 is 2.58 bits per heavy atom. The first-order valence-corrected chi connectivity index (χ1v) is 8.60. The van der Waals surface area contributed by atoms with E-state index in [1.54, 1.807) is 5.01 Å². The van der Waals surface area contributed by atoms with Crippen molar-refractivity contribution in [1.82, 2.24) is 14.8 Å². The maximum atomic E-state index is 6.07. The fourth-order valence-corrected chi connectivity index (χ4v) is 3.10. The molecule has 0 amide bonds. The highest BCUT2D eigenvalue weighted by molar-refractivity contribution is 6.30. The molecular formula is C20H16ClN5. The van der Waals surface area contributed by atoms with E-state index < -0.39 is 0 Å². The molecule has 128 valence electrons. The summed E-state index contributed by atoms with van der Waals surface area (Å²) >= 11 is 6.07. The third-order valence-electron chi connectivity index (χ3n) is 4.18. The number of para-hydroxylation sites is 1. The van der Waals surface area contributed by atoms with Crippen molar-refractivity contribution in [1.29, 1.82) is 0 Å². The predicted molar refractivity (Wildman–Crippen MR) is 104 cm³/mol. The van der Waals surface area contributed by atoms with Crippen LogP contribution < -0.4 is 5.01 Å². The fraction of sp³-hybridized carbons (Fsp3) is 0.150. The Labute approximate surface area is 156 Å². The van der Waals surface area contributed by atoms with Crippen molar-refractivity contribution in [3.63, 3.8) is 0 Å². The van der Waals surface area contributed by atoms with Gasteiger partial charge in [0, 0.05) is 16.1 Å². The van der Waals surface area contributed by atoms with Crippen molar-refractivity contribution in [2.45, 2.75) is 13.8 Å². The van der Waals surface area contributed by atoms with Gasteiger partial charge in [0.1, 0.15) is 18.1 Å². The smallest absolute Gasteiger partial charge is 0.253 e. The van der Waals surface area contributed by atoms with Gasteiger partial charge in [-0.25, -0.2) is 5.01 Å². The summed E-state index contributed by atoms with van der Waals surface area (Å²) in [7, 11) is 0. The molecule has 0 N–H and O–H groups in total. The summed E-state index contributed by atoms with van der Waals surface area (Å²) in [5.41, 5.74) is 3.82. The van der Waals surface area contributed by atoms with Gasteiger partial charge in [-0.2, -0.15) is 5.10 Å². The second-order valence-electron chi connectivity index (χ2n) is 5.84. The highest BCUT2D eigenvalue weighted by Crippen LogP contribution is 2.29. The molecule has 0 saturated heterocycles. The number of nitrogens with zero attached hydrogens (tertiary/aromatic N) is 5. The molecule has 4 rings (SSSR count). The molecule has 1 aromatic heterocycles. The van der Waals surface area contributed by atoms with E-state index in [4.69, 9.17) is 16.7 Å². The number of benzene rings is 2. The Bertz CT molecular complexity index is 1050. The number of aromatic nitrogens is 3. The second-order valence-corrected chi connectivity index (χ2v) is 6.28. The van der Waals surface area contributed by atoms with Crippen LogP contribution in [-0.2, 0) is 0 Å². The number of anilines is 1. The molecule has 5 nitrogen and oxygen atoms in total. The summed E-state index contributed by atoms with van der Waals surface area (Å²) in [5, 5.41) is 16.0. The van der Waals surface area contributed by atoms with E-state index in [0.717, 1.165) is 28.4 Å². The third kappa shape index (κ3) is 2.75. The van der Waals surface area contributed by atoms with Crippen LogP contribution >= 0.6 is 11.6 Å². The summed E-state index contributed by atoms with van der Waals surface area (Å²) < 4.78 is 2.01. The molecule has 0 saturated carbocycles. The van der Waals surface area contributed by atoms with Crippen molar-refractivity contribution in [2.75, 3.05) is 11.6 Å². The number of rotatable bonds is 2. The van der Waals surface area contributed by atoms with Crippen LogP contribution in [0.1, 0.15) is 23.9 Å². The molecule has 0 fully saturated rings. The quantitative estimate of drug-likeness (QED) is 0.652. The molecule has 6 heteroatoms. The minimum absolute atomic E-state index is 0.430. The number of hydrogen-bond acceptors (Lipinski definition) is 4. The largest absolute Gasteiger partial charge is 0.263 e. The zero-order chi connectivity index (χ0) is 18.1. The van der Waals surface area contributed by atoms with E-state index in [1.807, 2.05) is 54.8 Å². The van der Waals surface area contributed by atoms with E-state index in [-0.39, 0.29) is 0 Å². The number of aryl methyl sites for hydroxylation is 1. The van der Waals surface area contributed by atoms with Gasteiger partial charge < -0.3 is 0 Å². The molecule has 1 aliphatic rings. The predicted octanol–water partition coefficient (Wildman–Crippen LogP) is 3.82. The van der Waals surface area contributed by atoms with E-state index in [9.17, 15) is 0 Å². The molecule has 2 heterocycles. The van der Waals surface area contributed by atoms with Crippen LogP contribution in [0.5, 0.6) is 0 Å². The second kappa shape index (κ2) is 6.66. The Balaban J connectivity index is 1.99. The van der Waals surface area contributed by atoms with Crippen LogP contribution in [0.15, 0.2) is 53.6 Å². The van der Waals surface area contributed by atoms with Gasteiger partial charge in [0.25, 0.3) is 5.95 Å². The Kier molecular flexibility index (Phi) is 4.19. The Hall–Kier alpha value is -3.10. The first-order valence-electron chi connectivity index (χ1n) is 8.22. The summed E-state index contributed by atoms with van der Waals surface area (Å²) in [4.78, 5) is 0. The van der Waals surface area contributed by atoms with Gasteiger partial charge in [-0.1, -0.05) is 47.9 Å². The molecule has 2 aromatic carbocycles. The van der Waals surface area contributed by atoms with Gasteiger partial charge in [0.2, 0.25) is 0 Å². The molecule has 0 aliphatic carbocycles. The van der Waals surface area contributed by atoms with Gasteiger partial charge in [-0.05, 0) is 32.0 Å². The summed E-state index contributed by atoms with van der Waals surface area (Å²) in [6.45, 7) is 4.18. The first kappa shape index (κ1) is 16.4. The van der Waals surface area contributed by atoms with E-state index in [0.29, 0.717) is 17.5 Å². The fourth-order valence-electron chi connectivity index (χ4n) is 2.97. The first-order chi connectivity index (χ1) is 12.7. The van der Waals surface area contributed by atoms with Crippen LogP contribution in [0.2, 0.25) is 5.02 Å². The minimum atomic E-state index is 0.430. The van der Waals surface area contributed by atoms with Crippen molar-refractivity contribution in [3.05, 3.63) is 70.5 Å². The molecule has 26 heavy (non-hydrogen) atoms. The SMILES string of the molecule is CC#CCN1N=C(c2ccc(Cl)cc2)c2ccccc2-n2c(C)nnc21. The van der Waals surface area contributed by atoms with Crippen LogP contribution in [-0.4, -0.2) is 27.0 Å². The van der Waals surface area contributed by atoms with E-state index in [1.165, 1.54) is 0 Å². The van der Waals surface area contributed by atoms with Crippen LogP contribution in [0.25, 0.3) is 5.69 Å². The molecule has 0 radical (unpaired) electrons. The van der Waals surface area contributed by atoms with Gasteiger partial charge >= 0.3 is 0 Å². The molecular weight excluding hydrogens is 346 g/mol. The monoisotopic (exact) mass is 361 g/mol. The molecule has 0 atom stereocenters. The number of halogens is 1. The Morgan fingerprint density at radius 2 is 1.81 bits per heavy atom. The van der Waals surface area contributed by atoms with Gasteiger partial charge in [-0.15, -0.1) is 16.1 Å². The van der Waals surface area contributed by atoms with Gasteiger partial charge in [0.15, 0.2) is 0 Å². The lowest BCUT2D eigenvalue weighted by molar-refractivity contribution is 0.864. The number of fused-ring (bicyclic) bond motifs is 3. The maximum Gasteiger partial charge on any atom is 0.253 e. The summed E-state index contributed by atoms with van der Waals surface area (Å²) in [5.74, 6) is 7.45. The average molecular weight is 362 g/mol. The van der Waals surface area contributed by atoms with Crippen LogP contribution in [0.4, 0.5) is 5.95 Å². The highest BCUT2D eigenvalue weighted by atomic mass is 35.5. The van der Waals surface area contributed by atoms with Gasteiger partial charge in [0.05, 0.1) is 5.69 Å². The molecule has 3 aromatic rings. The van der Waals surface area contributed by atoms with Crippen molar-refractivity contribution in [2.24, 2.45) is 5.10 Å². The normalized spacial score (nSPS) is 12.4. The standard InChI is InChI=1S/C20H16ClN5/c1-3-4-13-25-20-23-22-14(2)26(20)18-8-6-5-7-17(18)19(24-25)15-9-11-16(21)12-10-15/h5-12H,13H2,1-2H3. The van der Waals surface area contributed by atoms with Gasteiger partial charge in [-0.3, -0.25) is 4.57 Å². The summed E-state index contributed by atoms with van der Waals surface area (Å²) in [6.07, 6.45) is 0. The van der Waals surface area contributed by atoms with Crippen molar-refractivity contribution >= 4 is 23.3 Å². The lowest BCUT2D eigenvalue weighted by Crippen LogP contribution is -2.21. The lowest BCUT2D eigenvalue weighted by Gasteiger charge is -2.14. The van der Waals surface area contributed by atoms with Crippen LogP contribution in [0, 0.1) is 18.8 Å². The zero-order valence-corrected chi connectivity index (χ0v) is 15.2. The van der Waals surface area contributed by atoms with Crippen molar-refractivity contribution < 1.29 is 0 Å². The molecule has 1 aliphatic heterocycles. The van der Waals surface area contributed by atoms with Crippen LogP contribution in [0.3, 0.4) is 0 Å². The number of hydrogen-bond donors (Lipinski definition) is 0. The Morgan fingerprint density at radius 1 is 1.04 bits per heavy atom. The highest BCUT2D eigenvalue weighted by Gasteiger charge is 2.25. The topological polar surface area (TPSA) is 46.3 Å². The summed E-state index contributed by atoms with van der Waals surface area (Å²) in [6, 6.07) is 15.8. The molecule has 0 spiro atoms.